The first-order valence-electron chi connectivity index (χ1n) is 8.51. The number of anilines is 1. The van der Waals surface area contributed by atoms with E-state index in [0.717, 1.165) is 25.1 Å². The van der Waals surface area contributed by atoms with Crippen molar-refractivity contribution in [1.82, 2.24) is 20.5 Å². The Balaban J connectivity index is 1.63. The third kappa shape index (κ3) is 4.21. The molecule has 0 spiro atoms. The third-order valence-electron chi connectivity index (χ3n) is 4.07. The zero-order chi connectivity index (χ0) is 17.6. The molecule has 3 N–H and O–H groups in total. The average molecular weight is 347 g/mol. The van der Waals surface area contributed by atoms with Crippen molar-refractivity contribution in [3.05, 3.63) is 41.2 Å². The topological polar surface area (TPSA) is 91.9 Å². The third-order valence-corrected chi connectivity index (χ3v) is 4.07. The van der Waals surface area contributed by atoms with Gasteiger partial charge >= 0.3 is 0 Å². The van der Waals surface area contributed by atoms with Crippen LogP contribution in [0.3, 0.4) is 0 Å². The number of unbranched alkanes of at least 4 members (excludes halogenated alkanes) is 1. The van der Waals surface area contributed by atoms with E-state index in [4.69, 9.17) is 4.74 Å². The Bertz CT molecular complexity index is 710. The van der Waals surface area contributed by atoms with E-state index in [2.05, 4.69) is 25.8 Å². The number of hydrogen-bond donors (Lipinski definition) is 3. The highest BCUT2D eigenvalue weighted by molar-refractivity contribution is 6.03. The molecule has 134 valence electrons. The standard InChI is InChI=1S/C17H22FN5O2/c1-2-3-4-13-15(18)16(23-22-13)17(24)21-11-5-6-12(20-9-11)14-10-19-7-8-25-14/h5-6,9,14,19H,2-4,7-8,10H2,1H3,(H,21,24)(H,22,23). The van der Waals surface area contributed by atoms with Gasteiger partial charge in [0.1, 0.15) is 6.10 Å². The molecule has 3 rings (SSSR count). The minimum Gasteiger partial charge on any atom is -0.369 e. The lowest BCUT2D eigenvalue weighted by molar-refractivity contribution is 0.0250. The van der Waals surface area contributed by atoms with Crippen LogP contribution in [0.1, 0.15) is 47.7 Å². The molecule has 1 saturated heterocycles. The molecule has 0 aromatic carbocycles. The van der Waals surface area contributed by atoms with Crippen molar-refractivity contribution < 1.29 is 13.9 Å². The number of carbonyl (C=O) groups excluding carboxylic acids is 1. The Morgan fingerprint density at radius 1 is 1.48 bits per heavy atom. The molecule has 0 bridgehead atoms. The number of ether oxygens (including phenoxy) is 1. The second kappa shape index (κ2) is 8.17. The number of aromatic nitrogens is 3. The lowest BCUT2D eigenvalue weighted by Crippen LogP contribution is -2.33. The van der Waals surface area contributed by atoms with E-state index in [1.165, 1.54) is 6.20 Å². The average Bonchev–Trinajstić information content (AvgIpc) is 3.02. The maximum Gasteiger partial charge on any atom is 0.276 e. The summed E-state index contributed by atoms with van der Waals surface area (Å²) in [5.41, 5.74) is 1.42. The monoisotopic (exact) mass is 347 g/mol. The van der Waals surface area contributed by atoms with Crippen molar-refractivity contribution in [2.45, 2.75) is 32.3 Å². The van der Waals surface area contributed by atoms with Crippen LogP contribution in [0.25, 0.3) is 0 Å². The zero-order valence-corrected chi connectivity index (χ0v) is 14.1. The summed E-state index contributed by atoms with van der Waals surface area (Å²) in [5.74, 6) is -1.16. The van der Waals surface area contributed by atoms with Gasteiger partial charge in [-0.15, -0.1) is 0 Å². The first kappa shape index (κ1) is 17.5. The molecule has 0 radical (unpaired) electrons. The summed E-state index contributed by atoms with van der Waals surface area (Å²) in [5, 5.41) is 12.2. The number of nitrogens with one attached hydrogen (secondary N) is 3. The number of halogens is 1. The number of aromatic amines is 1. The molecular weight excluding hydrogens is 325 g/mol. The highest BCUT2D eigenvalue weighted by Gasteiger charge is 2.20. The molecular formula is C17H22FN5O2. The number of H-pyrrole nitrogens is 1. The van der Waals surface area contributed by atoms with Gasteiger partial charge in [0.2, 0.25) is 0 Å². The van der Waals surface area contributed by atoms with Gasteiger partial charge in [-0.3, -0.25) is 14.9 Å². The molecule has 3 heterocycles. The predicted octanol–water partition coefficient (Wildman–Crippen LogP) is 2.20. The normalized spacial score (nSPS) is 17.4. The number of morpholine rings is 1. The van der Waals surface area contributed by atoms with Gasteiger partial charge in [-0.05, 0) is 25.0 Å². The van der Waals surface area contributed by atoms with Crippen LogP contribution in [-0.4, -0.2) is 40.8 Å². The Labute approximate surface area is 145 Å². The highest BCUT2D eigenvalue weighted by atomic mass is 19.1. The van der Waals surface area contributed by atoms with Crippen molar-refractivity contribution in [2.75, 3.05) is 25.0 Å². The van der Waals surface area contributed by atoms with Crippen LogP contribution in [-0.2, 0) is 11.2 Å². The van der Waals surface area contributed by atoms with Gasteiger partial charge in [-0.1, -0.05) is 13.3 Å². The van der Waals surface area contributed by atoms with Gasteiger partial charge in [0.15, 0.2) is 11.5 Å². The molecule has 1 amide bonds. The fourth-order valence-corrected chi connectivity index (χ4v) is 2.64. The van der Waals surface area contributed by atoms with Crippen molar-refractivity contribution >= 4 is 11.6 Å². The number of nitrogens with zero attached hydrogens (tertiary/aromatic N) is 2. The first-order valence-corrected chi connectivity index (χ1v) is 8.51. The molecule has 1 fully saturated rings. The van der Waals surface area contributed by atoms with E-state index in [-0.39, 0.29) is 11.8 Å². The van der Waals surface area contributed by atoms with Crippen LogP contribution in [0.15, 0.2) is 18.3 Å². The van der Waals surface area contributed by atoms with E-state index in [0.29, 0.717) is 31.0 Å². The lowest BCUT2D eigenvalue weighted by Gasteiger charge is -2.23. The van der Waals surface area contributed by atoms with Gasteiger partial charge in [0.05, 0.1) is 29.9 Å². The van der Waals surface area contributed by atoms with Gasteiger partial charge < -0.3 is 15.4 Å². The smallest absolute Gasteiger partial charge is 0.276 e. The summed E-state index contributed by atoms with van der Waals surface area (Å²) < 4.78 is 19.9. The summed E-state index contributed by atoms with van der Waals surface area (Å²) in [6.07, 6.45) is 3.72. The molecule has 0 aliphatic carbocycles. The van der Waals surface area contributed by atoms with E-state index in [9.17, 15) is 9.18 Å². The Kier molecular flexibility index (Phi) is 5.72. The molecule has 1 aliphatic rings. The second-order valence-corrected chi connectivity index (χ2v) is 5.95. The second-order valence-electron chi connectivity index (χ2n) is 5.95. The minimum atomic E-state index is -0.586. The van der Waals surface area contributed by atoms with Crippen LogP contribution in [0.2, 0.25) is 0 Å². The van der Waals surface area contributed by atoms with Crippen molar-refractivity contribution in [3.8, 4) is 0 Å². The van der Waals surface area contributed by atoms with Crippen LogP contribution >= 0.6 is 0 Å². The Morgan fingerprint density at radius 3 is 3.04 bits per heavy atom. The fourth-order valence-electron chi connectivity index (χ4n) is 2.64. The molecule has 7 nitrogen and oxygen atoms in total. The van der Waals surface area contributed by atoms with E-state index < -0.39 is 11.7 Å². The number of pyridine rings is 1. The molecule has 1 unspecified atom stereocenters. The summed E-state index contributed by atoms with van der Waals surface area (Å²) in [4.78, 5) is 16.5. The molecule has 2 aromatic rings. The van der Waals surface area contributed by atoms with Gasteiger partial charge in [0.25, 0.3) is 5.91 Å². The SMILES string of the molecule is CCCCc1n[nH]c(C(=O)Nc2ccc(C3CNCCO3)nc2)c1F. The van der Waals surface area contributed by atoms with Gasteiger partial charge in [-0.25, -0.2) is 4.39 Å². The largest absolute Gasteiger partial charge is 0.369 e. The first-order chi connectivity index (χ1) is 12.2. The number of aryl methyl sites for hydroxylation is 1. The van der Waals surface area contributed by atoms with Crippen molar-refractivity contribution in [3.63, 3.8) is 0 Å². The van der Waals surface area contributed by atoms with Crippen LogP contribution in [0, 0.1) is 5.82 Å². The van der Waals surface area contributed by atoms with E-state index in [1.807, 2.05) is 6.92 Å². The minimum absolute atomic E-state index is 0.0929. The predicted molar refractivity (Wildman–Crippen MR) is 90.9 cm³/mol. The zero-order valence-electron chi connectivity index (χ0n) is 14.1. The summed E-state index contributed by atoms with van der Waals surface area (Å²) in [7, 11) is 0. The van der Waals surface area contributed by atoms with E-state index >= 15 is 0 Å². The van der Waals surface area contributed by atoms with Gasteiger partial charge in [-0.2, -0.15) is 5.10 Å². The molecule has 1 atom stereocenters. The van der Waals surface area contributed by atoms with Crippen LogP contribution < -0.4 is 10.6 Å². The molecule has 0 saturated carbocycles. The Hall–Kier alpha value is -2.32. The molecule has 8 heteroatoms. The fraction of sp³-hybridized carbons (Fsp3) is 0.471. The molecule has 2 aromatic heterocycles. The number of amides is 1. The van der Waals surface area contributed by atoms with Crippen molar-refractivity contribution in [1.29, 1.82) is 0 Å². The quantitative estimate of drug-likeness (QED) is 0.745. The number of carbonyl (C=O) groups is 1. The Morgan fingerprint density at radius 2 is 2.36 bits per heavy atom. The molecule has 25 heavy (non-hydrogen) atoms. The maximum absolute atomic E-state index is 14.2. The van der Waals surface area contributed by atoms with E-state index in [1.54, 1.807) is 12.1 Å². The van der Waals surface area contributed by atoms with Crippen molar-refractivity contribution in [2.24, 2.45) is 0 Å². The summed E-state index contributed by atoms with van der Waals surface area (Å²) >= 11 is 0. The summed E-state index contributed by atoms with van der Waals surface area (Å²) in [6.45, 7) is 4.20. The highest BCUT2D eigenvalue weighted by Crippen LogP contribution is 2.19. The van der Waals surface area contributed by atoms with Gasteiger partial charge in [0, 0.05) is 13.1 Å². The van der Waals surface area contributed by atoms with Crippen LogP contribution in [0.5, 0.6) is 0 Å². The number of rotatable bonds is 6. The molecule has 1 aliphatic heterocycles. The number of hydrogen-bond acceptors (Lipinski definition) is 5. The van der Waals surface area contributed by atoms with Crippen LogP contribution in [0.4, 0.5) is 10.1 Å². The maximum atomic E-state index is 14.2. The summed E-state index contributed by atoms with van der Waals surface area (Å²) in [6, 6.07) is 3.52. The lowest BCUT2D eigenvalue weighted by atomic mass is 10.2.